The fourth-order valence-corrected chi connectivity index (χ4v) is 1.57. The minimum Gasteiger partial charge on any atom is -0.505 e. The van der Waals surface area contributed by atoms with Crippen LogP contribution in [0.15, 0.2) is 29.9 Å². The van der Waals surface area contributed by atoms with Gasteiger partial charge in [0.1, 0.15) is 17.3 Å². The summed E-state index contributed by atoms with van der Waals surface area (Å²) < 4.78 is 0. The van der Waals surface area contributed by atoms with Crippen molar-refractivity contribution in [1.82, 2.24) is 0 Å². The van der Waals surface area contributed by atoms with Gasteiger partial charge in [-0.25, -0.2) is 5.84 Å². The van der Waals surface area contributed by atoms with Crippen LogP contribution in [0.1, 0.15) is 18.1 Å². The van der Waals surface area contributed by atoms with E-state index >= 15 is 0 Å². The standard InChI is InChI=1S/C12H17N5O/c1-3-4-10-9(7-16-14)5-6-11(12(10)18)17(15)8(2)13/h3,5-7,13,18H,1,4,14-15H2,2H3. The zero-order valence-corrected chi connectivity index (χ0v) is 10.2. The molecule has 18 heavy (non-hydrogen) atoms. The van der Waals surface area contributed by atoms with Crippen molar-refractivity contribution in [2.24, 2.45) is 16.8 Å². The fourth-order valence-electron chi connectivity index (χ4n) is 1.57. The number of nitrogens with zero attached hydrogens (tertiary/aromatic N) is 2. The minimum absolute atomic E-state index is 0.00130. The van der Waals surface area contributed by atoms with Gasteiger partial charge in [-0.2, -0.15) is 5.10 Å². The predicted molar refractivity (Wildman–Crippen MR) is 73.9 cm³/mol. The van der Waals surface area contributed by atoms with E-state index in [1.807, 2.05) is 0 Å². The Labute approximate surface area is 106 Å². The molecule has 0 radical (unpaired) electrons. The number of nitrogens with one attached hydrogen (secondary N) is 1. The molecule has 0 bridgehead atoms. The van der Waals surface area contributed by atoms with Crippen LogP contribution in [0, 0.1) is 5.41 Å². The van der Waals surface area contributed by atoms with Gasteiger partial charge in [0.25, 0.3) is 0 Å². The van der Waals surface area contributed by atoms with Gasteiger partial charge in [-0.05, 0) is 19.4 Å². The van der Waals surface area contributed by atoms with E-state index in [2.05, 4.69) is 11.7 Å². The van der Waals surface area contributed by atoms with Gasteiger partial charge in [-0.3, -0.25) is 10.4 Å². The normalized spacial score (nSPS) is 10.6. The molecule has 0 aliphatic heterocycles. The molecular formula is C12H17N5O. The molecule has 0 atom stereocenters. The van der Waals surface area contributed by atoms with Crippen molar-refractivity contribution in [2.75, 3.05) is 5.01 Å². The van der Waals surface area contributed by atoms with Gasteiger partial charge in [0, 0.05) is 11.1 Å². The summed E-state index contributed by atoms with van der Waals surface area (Å²) in [6, 6.07) is 3.34. The van der Waals surface area contributed by atoms with Gasteiger partial charge in [0.05, 0.1) is 6.21 Å². The van der Waals surface area contributed by atoms with Crippen LogP contribution in [-0.4, -0.2) is 17.2 Å². The Morgan fingerprint density at radius 1 is 1.61 bits per heavy atom. The highest BCUT2D eigenvalue weighted by Gasteiger charge is 2.15. The van der Waals surface area contributed by atoms with Crippen LogP contribution in [0.5, 0.6) is 5.75 Å². The lowest BCUT2D eigenvalue weighted by molar-refractivity contribution is 0.470. The number of hydrazine groups is 1. The monoisotopic (exact) mass is 247 g/mol. The highest BCUT2D eigenvalue weighted by molar-refractivity contribution is 5.95. The van der Waals surface area contributed by atoms with Gasteiger partial charge in [0.2, 0.25) is 0 Å². The number of phenolic OH excluding ortho intramolecular Hbond substituents is 1. The Morgan fingerprint density at radius 3 is 2.78 bits per heavy atom. The van der Waals surface area contributed by atoms with E-state index in [0.717, 1.165) is 5.01 Å². The Morgan fingerprint density at radius 2 is 2.28 bits per heavy atom. The molecule has 6 heteroatoms. The molecule has 0 saturated heterocycles. The van der Waals surface area contributed by atoms with Gasteiger partial charge in [0.15, 0.2) is 0 Å². The van der Waals surface area contributed by atoms with Gasteiger partial charge in [-0.1, -0.05) is 12.1 Å². The number of benzene rings is 1. The Kier molecular flexibility index (Phi) is 4.45. The molecule has 0 amide bonds. The van der Waals surface area contributed by atoms with Gasteiger partial charge < -0.3 is 10.9 Å². The summed E-state index contributed by atoms with van der Waals surface area (Å²) in [6.45, 7) is 5.16. The zero-order chi connectivity index (χ0) is 13.7. The van der Waals surface area contributed by atoms with E-state index in [1.165, 1.54) is 13.1 Å². The molecule has 0 fully saturated rings. The smallest absolute Gasteiger partial charge is 0.144 e. The first-order valence-electron chi connectivity index (χ1n) is 5.31. The van der Waals surface area contributed by atoms with Crippen LogP contribution in [0.4, 0.5) is 5.69 Å². The Hall–Kier alpha value is -2.34. The molecule has 0 aliphatic carbocycles. The molecule has 1 rings (SSSR count). The first-order valence-corrected chi connectivity index (χ1v) is 5.31. The van der Waals surface area contributed by atoms with E-state index in [0.29, 0.717) is 23.2 Å². The average molecular weight is 247 g/mol. The summed E-state index contributed by atoms with van der Waals surface area (Å²) in [4.78, 5) is 0. The summed E-state index contributed by atoms with van der Waals surface area (Å²) in [5.74, 6) is 10.9. The van der Waals surface area contributed by atoms with Crippen LogP contribution in [0.2, 0.25) is 0 Å². The first-order chi connectivity index (χ1) is 8.52. The lowest BCUT2D eigenvalue weighted by Gasteiger charge is -2.20. The molecule has 0 aromatic heterocycles. The summed E-state index contributed by atoms with van der Waals surface area (Å²) in [6.07, 6.45) is 3.55. The summed E-state index contributed by atoms with van der Waals surface area (Å²) >= 11 is 0. The maximum absolute atomic E-state index is 10.2. The first kappa shape index (κ1) is 13.7. The number of allylic oxidation sites excluding steroid dienone is 1. The average Bonchev–Trinajstić information content (AvgIpc) is 2.33. The van der Waals surface area contributed by atoms with Gasteiger partial charge in [-0.15, -0.1) is 6.58 Å². The number of hydrogen-bond acceptors (Lipinski definition) is 5. The topological polar surface area (TPSA) is 112 Å². The Bertz CT molecular complexity index is 495. The number of amidine groups is 1. The summed E-state index contributed by atoms with van der Waals surface area (Å²) in [5.41, 5.74) is 1.66. The lowest BCUT2D eigenvalue weighted by atomic mass is 10.0. The largest absolute Gasteiger partial charge is 0.505 e. The second kappa shape index (κ2) is 5.83. The van der Waals surface area contributed by atoms with Crippen LogP contribution in [-0.2, 0) is 6.42 Å². The van der Waals surface area contributed by atoms with Crippen molar-refractivity contribution in [1.29, 1.82) is 5.41 Å². The Balaban J connectivity index is 3.37. The van der Waals surface area contributed by atoms with Crippen molar-refractivity contribution >= 4 is 17.7 Å². The molecule has 1 aromatic rings. The number of rotatable bonds is 4. The summed E-state index contributed by atoms with van der Waals surface area (Å²) in [5, 5.41) is 22.2. The molecule has 0 unspecified atom stereocenters. The molecule has 0 spiro atoms. The highest BCUT2D eigenvalue weighted by Crippen LogP contribution is 2.32. The van der Waals surface area contributed by atoms with E-state index in [-0.39, 0.29) is 11.6 Å². The molecule has 96 valence electrons. The third kappa shape index (κ3) is 2.67. The van der Waals surface area contributed by atoms with Crippen LogP contribution < -0.4 is 16.7 Å². The number of hydrogen-bond donors (Lipinski definition) is 4. The SMILES string of the molecule is C=CCc1c(C=NN)ccc(N(N)C(C)=N)c1O. The maximum Gasteiger partial charge on any atom is 0.144 e. The van der Waals surface area contributed by atoms with Crippen LogP contribution in [0.25, 0.3) is 0 Å². The second-order valence-corrected chi connectivity index (χ2v) is 3.73. The van der Waals surface area contributed by atoms with Crippen LogP contribution >= 0.6 is 0 Å². The third-order valence-electron chi connectivity index (χ3n) is 2.48. The van der Waals surface area contributed by atoms with E-state index in [4.69, 9.17) is 17.1 Å². The zero-order valence-electron chi connectivity index (χ0n) is 10.2. The number of phenols is 1. The van der Waals surface area contributed by atoms with Crippen molar-refractivity contribution in [3.63, 3.8) is 0 Å². The van der Waals surface area contributed by atoms with Crippen molar-refractivity contribution in [3.05, 3.63) is 35.9 Å². The lowest BCUT2D eigenvalue weighted by Crippen LogP contribution is -2.35. The number of aromatic hydroxyl groups is 1. The highest BCUT2D eigenvalue weighted by atomic mass is 16.3. The van der Waals surface area contributed by atoms with Crippen molar-refractivity contribution in [2.45, 2.75) is 13.3 Å². The van der Waals surface area contributed by atoms with Gasteiger partial charge >= 0.3 is 0 Å². The molecular weight excluding hydrogens is 230 g/mol. The molecule has 1 aromatic carbocycles. The van der Waals surface area contributed by atoms with Crippen molar-refractivity contribution < 1.29 is 5.11 Å². The molecule has 6 N–H and O–H groups in total. The molecule has 0 heterocycles. The second-order valence-electron chi connectivity index (χ2n) is 3.73. The quantitative estimate of drug-likeness (QED) is 0.210. The number of nitrogens with two attached hydrogens (primary N) is 2. The van der Waals surface area contributed by atoms with E-state index in [1.54, 1.807) is 18.2 Å². The minimum atomic E-state index is 0.00130. The number of anilines is 1. The maximum atomic E-state index is 10.2. The molecule has 6 nitrogen and oxygen atoms in total. The fraction of sp³-hybridized carbons (Fsp3) is 0.167. The molecule has 0 aliphatic rings. The van der Waals surface area contributed by atoms with Crippen molar-refractivity contribution in [3.8, 4) is 5.75 Å². The van der Waals surface area contributed by atoms with E-state index in [9.17, 15) is 5.11 Å². The molecule has 0 saturated carbocycles. The van der Waals surface area contributed by atoms with E-state index < -0.39 is 0 Å². The number of hydrazone groups is 1. The third-order valence-corrected chi connectivity index (χ3v) is 2.48. The van der Waals surface area contributed by atoms with Crippen LogP contribution in [0.3, 0.4) is 0 Å². The summed E-state index contributed by atoms with van der Waals surface area (Å²) in [7, 11) is 0. The predicted octanol–water partition coefficient (Wildman–Crippen LogP) is 1.09.